The van der Waals surface area contributed by atoms with E-state index in [0.29, 0.717) is 6.42 Å². The lowest BCUT2D eigenvalue weighted by atomic mass is 10.0. The molecule has 7 heteroatoms. The summed E-state index contributed by atoms with van der Waals surface area (Å²) >= 11 is -2.11. The number of hydrogen-bond donors (Lipinski definition) is 1. The Kier molecular flexibility index (Phi) is 6.37. The molecule has 0 bridgehead atoms. The molecule has 1 N–H and O–H groups in total. The van der Waals surface area contributed by atoms with Gasteiger partial charge in [0.15, 0.2) is 0 Å². The number of rotatable bonds is 7. The van der Waals surface area contributed by atoms with E-state index in [4.69, 9.17) is 9.57 Å². The fourth-order valence-electron chi connectivity index (χ4n) is 2.44. The van der Waals surface area contributed by atoms with Crippen molar-refractivity contribution >= 4 is 17.2 Å². The Hall–Kier alpha value is -1.44. The third-order valence-corrected chi connectivity index (χ3v) is 4.66. The molecule has 1 aliphatic carbocycles. The summed E-state index contributed by atoms with van der Waals surface area (Å²) < 4.78 is 28.0. The van der Waals surface area contributed by atoms with Gasteiger partial charge in [0.25, 0.3) is 0 Å². The molecule has 1 saturated carbocycles. The van der Waals surface area contributed by atoms with Crippen LogP contribution in [-0.4, -0.2) is 27.1 Å². The van der Waals surface area contributed by atoms with Gasteiger partial charge >= 0.3 is 6.09 Å². The third-order valence-electron chi connectivity index (χ3n) is 3.58. The van der Waals surface area contributed by atoms with Gasteiger partial charge in [-0.05, 0) is 68.2 Å². The highest BCUT2D eigenvalue weighted by Crippen LogP contribution is 2.44. The Morgan fingerprint density at radius 3 is 2.71 bits per heavy atom. The second-order valence-corrected chi connectivity index (χ2v) is 7.99. The minimum atomic E-state index is -2.11. The average molecular weight is 354 g/mol. The predicted molar refractivity (Wildman–Crippen MR) is 89.9 cm³/mol. The molecule has 0 radical (unpaired) electrons. The van der Waals surface area contributed by atoms with Gasteiger partial charge in [-0.1, -0.05) is 24.3 Å². The number of carbonyl (C=O) groups is 1. The molecule has 134 valence electrons. The molecule has 1 aromatic carbocycles. The highest BCUT2D eigenvalue weighted by molar-refractivity contribution is 7.79. The van der Waals surface area contributed by atoms with Crippen LogP contribution in [0.5, 0.6) is 0 Å². The molecule has 0 aliphatic heterocycles. The van der Waals surface area contributed by atoms with E-state index in [1.807, 2.05) is 24.3 Å². The number of hydrogen-bond acceptors (Lipinski definition) is 5. The molecule has 1 unspecified atom stereocenters. The maximum Gasteiger partial charge on any atom is 0.431 e. The standard InChI is InChI=1S/C17H25NO5S/c1-17(2,3)23-16(19)18-22-10-9-12-5-4-6-14(11-12)15(24(20)21)13-7-8-13/h4-6,11,13,15H,7-10H2,1-3H3,(H,18,19)(H,20,21)/p-1/t15-/m1/s1. The Labute approximate surface area is 145 Å². The van der Waals surface area contributed by atoms with Crippen LogP contribution < -0.4 is 5.48 Å². The molecule has 2 rings (SSSR count). The minimum absolute atomic E-state index is 0.240. The fourth-order valence-corrected chi connectivity index (χ4v) is 3.40. The van der Waals surface area contributed by atoms with Crippen LogP contribution >= 0.6 is 0 Å². The lowest BCUT2D eigenvalue weighted by Crippen LogP contribution is -2.33. The van der Waals surface area contributed by atoms with Crippen LogP contribution in [0, 0.1) is 5.92 Å². The van der Waals surface area contributed by atoms with E-state index in [-0.39, 0.29) is 12.5 Å². The van der Waals surface area contributed by atoms with Crippen molar-refractivity contribution in [1.82, 2.24) is 5.48 Å². The van der Waals surface area contributed by atoms with Gasteiger partial charge in [0, 0.05) is 5.25 Å². The summed E-state index contributed by atoms with van der Waals surface area (Å²) in [6.07, 6.45) is 1.86. The molecule has 24 heavy (non-hydrogen) atoms. The Bertz CT molecular complexity index is 595. The summed E-state index contributed by atoms with van der Waals surface area (Å²) in [4.78, 5) is 16.6. The number of nitrogens with one attached hydrogen (secondary N) is 1. The van der Waals surface area contributed by atoms with Crippen molar-refractivity contribution in [3.8, 4) is 0 Å². The molecular formula is C17H24NO5S-. The predicted octanol–water partition coefficient (Wildman–Crippen LogP) is 3.02. The molecule has 0 saturated heterocycles. The van der Waals surface area contributed by atoms with E-state index in [1.165, 1.54) is 0 Å². The number of hydroxylamine groups is 1. The maximum atomic E-state index is 11.5. The van der Waals surface area contributed by atoms with Crippen LogP contribution in [0.25, 0.3) is 0 Å². The maximum absolute atomic E-state index is 11.5. The number of ether oxygens (including phenoxy) is 1. The Morgan fingerprint density at radius 1 is 1.42 bits per heavy atom. The van der Waals surface area contributed by atoms with Crippen molar-refractivity contribution < 1.29 is 23.1 Å². The number of benzene rings is 1. The van der Waals surface area contributed by atoms with Crippen LogP contribution in [-0.2, 0) is 27.1 Å². The first kappa shape index (κ1) is 18.9. The summed E-state index contributed by atoms with van der Waals surface area (Å²) in [6, 6.07) is 7.52. The van der Waals surface area contributed by atoms with Gasteiger partial charge in [-0.3, -0.25) is 9.05 Å². The van der Waals surface area contributed by atoms with E-state index in [2.05, 4.69) is 5.48 Å². The third kappa shape index (κ3) is 6.22. The molecule has 1 amide bonds. The Morgan fingerprint density at radius 2 is 2.12 bits per heavy atom. The van der Waals surface area contributed by atoms with E-state index in [9.17, 15) is 13.6 Å². The molecule has 6 nitrogen and oxygen atoms in total. The summed E-state index contributed by atoms with van der Waals surface area (Å²) in [5.41, 5.74) is 3.45. The minimum Gasteiger partial charge on any atom is -0.772 e. The van der Waals surface area contributed by atoms with Crippen LogP contribution in [0.3, 0.4) is 0 Å². The summed E-state index contributed by atoms with van der Waals surface area (Å²) in [5, 5.41) is -0.425. The van der Waals surface area contributed by atoms with Crippen molar-refractivity contribution in [1.29, 1.82) is 0 Å². The molecule has 0 heterocycles. The molecule has 0 aromatic heterocycles. The van der Waals surface area contributed by atoms with Crippen molar-refractivity contribution in [3.63, 3.8) is 0 Å². The molecule has 1 fully saturated rings. The lowest BCUT2D eigenvalue weighted by Gasteiger charge is -2.20. The first-order valence-electron chi connectivity index (χ1n) is 8.04. The first-order chi connectivity index (χ1) is 11.3. The summed E-state index contributed by atoms with van der Waals surface area (Å²) in [6.45, 7) is 5.59. The van der Waals surface area contributed by atoms with Gasteiger partial charge < -0.3 is 9.29 Å². The average Bonchev–Trinajstić information content (AvgIpc) is 3.27. The SMILES string of the molecule is CC(C)(C)OC(=O)NOCCc1cccc([C@@H](C2CC2)S(=O)[O-])c1. The van der Waals surface area contributed by atoms with E-state index >= 15 is 0 Å². The van der Waals surface area contributed by atoms with E-state index in [1.54, 1.807) is 20.8 Å². The highest BCUT2D eigenvalue weighted by Gasteiger charge is 2.33. The highest BCUT2D eigenvalue weighted by atomic mass is 32.2. The molecule has 1 aliphatic rings. The van der Waals surface area contributed by atoms with Gasteiger partial charge in [0.2, 0.25) is 0 Å². The Balaban J connectivity index is 1.82. The van der Waals surface area contributed by atoms with Crippen molar-refractivity contribution in [2.24, 2.45) is 5.92 Å². The normalized spacial score (nSPS) is 17.2. The van der Waals surface area contributed by atoms with E-state index < -0.39 is 28.0 Å². The molecular weight excluding hydrogens is 330 g/mol. The second kappa shape index (κ2) is 8.09. The quantitative estimate of drug-likeness (QED) is 0.462. The molecule has 0 spiro atoms. The second-order valence-electron chi connectivity index (χ2n) is 6.97. The molecule has 2 atom stereocenters. The zero-order valence-corrected chi connectivity index (χ0v) is 15.1. The van der Waals surface area contributed by atoms with Crippen LogP contribution in [0.2, 0.25) is 0 Å². The van der Waals surface area contributed by atoms with Gasteiger partial charge in [0.1, 0.15) is 5.60 Å². The smallest absolute Gasteiger partial charge is 0.431 e. The number of carbonyl (C=O) groups excluding carboxylic acids is 1. The van der Waals surface area contributed by atoms with Crippen LogP contribution in [0.4, 0.5) is 4.79 Å². The van der Waals surface area contributed by atoms with Crippen LogP contribution in [0.1, 0.15) is 50.0 Å². The van der Waals surface area contributed by atoms with Gasteiger partial charge in [-0.2, -0.15) is 5.48 Å². The first-order valence-corrected chi connectivity index (χ1v) is 9.18. The largest absolute Gasteiger partial charge is 0.772 e. The molecule has 1 aromatic rings. The van der Waals surface area contributed by atoms with Crippen molar-refractivity contribution in [3.05, 3.63) is 35.4 Å². The van der Waals surface area contributed by atoms with E-state index in [0.717, 1.165) is 24.0 Å². The zero-order valence-electron chi connectivity index (χ0n) is 14.2. The lowest BCUT2D eigenvalue weighted by molar-refractivity contribution is -0.00686. The fraction of sp³-hybridized carbons (Fsp3) is 0.588. The van der Waals surface area contributed by atoms with Gasteiger partial charge in [-0.25, -0.2) is 4.79 Å². The monoisotopic (exact) mass is 354 g/mol. The topological polar surface area (TPSA) is 87.7 Å². The van der Waals surface area contributed by atoms with Gasteiger partial charge in [-0.15, -0.1) is 0 Å². The zero-order chi connectivity index (χ0) is 17.7. The van der Waals surface area contributed by atoms with Crippen molar-refractivity contribution in [2.45, 2.75) is 50.9 Å². The summed E-state index contributed by atoms with van der Waals surface area (Å²) in [7, 11) is 0. The number of amides is 1. The van der Waals surface area contributed by atoms with Crippen LogP contribution in [0.15, 0.2) is 24.3 Å². The van der Waals surface area contributed by atoms with Gasteiger partial charge in [0.05, 0.1) is 6.61 Å². The summed E-state index contributed by atoms with van der Waals surface area (Å²) in [5.74, 6) is 0.240. The van der Waals surface area contributed by atoms with Crippen molar-refractivity contribution in [2.75, 3.05) is 6.61 Å².